The summed E-state index contributed by atoms with van der Waals surface area (Å²) in [5.41, 5.74) is -1.05. The molecular weight excluding hydrogens is 231 g/mol. The maximum atomic E-state index is 12.3. The van der Waals surface area contributed by atoms with Crippen LogP contribution in [0.1, 0.15) is 19.5 Å². The molecule has 0 spiro atoms. The summed E-state index contributed by atoms with van der Waals surface area (Å²) < 4.78 is 36.9. The van der Waals surface area contributed by atoms with E-state index in [1.54, 1.807) is 13.8 Å². The summed E-state index contributed by atoms with van der Waals surface area (Å²) in [5, 5.41) is 2.42. The Morgan fingerprint density at radius 2 is 1.93 bits per heavy atom. The number of hydrogen-bond donors (Lipinski definition) is 1. The summed E-state index contributed by atoms with van der Waals surface area (Å²) >= 11 is 5.45. The Morgan fingerprint density at radius 3 is 2.40 bits per heavy atom. The zero-order chi connectivity index (χ0) is 11.6. The molecule has 0 bridgehead atoms. The lowest BCUT2D eigenvalue weighted by atomic mass is 10.4. The zero-order valence-electron chi connectivity index (χ0n) is 8.06. The van der Waals surface area contributed by atoms with E-state index >= 15 is 0 Å². The third-order valence-corrected chi connectivity index (χ3v) is 1.60. The molecule has 15 heavy (non-hydrogen) atoms. The molecule has 0 atom stereocenters. The Morgan fingerprint density at radius 1 is 1.33 bits per heavy atom. The van der Waals surface area contributed by atoms with Crippen LogP contribution in [0.4, 0.5) is 19.1 Å². The van der Waals surface area contributed by atoms with Crippen molar-refractivity contribution < 1.29 is 13.2 Å². The van der Waals surface area contributed by atoms with Crippen LogP contribution in [0.2, 0.25) is 5.15 Å². The molecule has 1 N–H and O–H groups in total. The van der Waals surface area contributed by atoms with Crippen molar-refractivity contribution in [2.24, 2.45) is 0 Å². The second kappa shape index (κ2) is 4.22. The molecule has 0 radical (unpaired) electrons. The Bertz CT molecular complexity index is 351. The summed E-state index contributed by atoms with van der Waals surface area (Å²) in [6.45, 7) is 3.52. The van der Waals surface area contributed by atoms with Crippen molar-refractivity contribution in [3.8, 4) is 0 Å². The van der Waals surface area contributed by atoms with Gasteiger partial charge in [-0.05, 0) is 13.8 Å². The van der Waals surface area contributed by atoms with E-state index in [-0.39, 0.29) is 17.1 Å². The van der Waals surface area contributed by atoms with Gasteiger partial charge in [-0.25, -0.2) is 9.97 Å². The van der Waals surface area contributed by atoms with Gasteiger partial charge in [-0.2, -0.15) is 13.2 Å². The summed E-state index contributed by atoms with van der Waals surface area (Å²) in [6.07, 6.45) is -4.51. The molecule has 0 saturated carbocycles. The van der Waals surface area contributed by atoms with Gasteiger partial charge in [-0.15, -0.1) is 0 Å². The Hall–Kier alpha value is -1.04. The Labute approximate surface area is 89.7 Å². The van der Waals surface area contributed by atoms with Gasteiger partial charge in [0.1, 0.15) is 5.15 Å². The monoisotopic (exact) mass is 239 g/mol. The number of nitrogens with one attached hydrogen (secondary N) is 1. The average Bonchev–Trinajstić information content (AvgIpc) is 1.99. The van der Waals surface area contributed by atoms with E-state index in [1.807, 2.05) is 0 Å². The van der Waals surface area contributed by atoms with Gasteiger partial charge in [0, 0.05) is 12.1 Å². The van der Waals surface area contributed by atoms with Crippen LogP contribution < -0.4 is 5.32 Å². The van der Waals surface area contributed by atoms with Crippen LogP contribution in [0.25, 0.3) is 0 Å². The molecule has 84 valence electrons. The van der Waals surface area contributed by atoms with Gasteiger partial charge < -0.3 is 5.32 Å². The molecule has 0 unspecified atom stereocenters. The molecule has 0 aliphatic heterocycles. The van der Waals surface area contributed by atoms with E-state index in [0.29, 0.717) is 6.07 Å². The number of hydrogen-bond acceptors (Lipinski definition) is 3. The van der Waals surface area contributed by atoms with E-state index in [1.165, 1.54) is 0 Å². The summed E-state index contributed by atoms with van der Waals surface area (Å²) in [7, 11) is 0. The van der Waals surface area contributed by atoms with Crippen molar-refractivity contribution in [3.05, 3.63) is 16.9 Å². The van der Waals surface area contributed by atoms with E-state index in [9.17, 15) is 13.2 Å². The van der Waals surface area contributed by atoms with Gasteiger partial charge in [-0.3, -0.25) is 0 Å². The largest absolute Gasteiger partial charge is 0.433 e. The highest BCUT2D eigenvalue weighted by atomic mass is 35.5. The molecule has 0 fully saturated rings. The highest BCUT2D eigenvalue weighted by molar-refractivity contribution is 6.29. The quantitative estimate of drug-likeness (QED) is 0.807. The zero-order valence-corrected chi connectivity index (χ0v) is 8.82. The van der Waals surface area contributed by atoms with Crippen molar-refractivity contribution in [1.82, 2.24) is 9.97 Å². The summed E-state index contributed by atoms with van der Waals surface area (Å²) in [4.78, 5) is 6.94. The molecule has 7 heteroatoms. The highest BCUT2D eigenvalue weighted by Gasteiger charge is 2.33. The third-order valence-electron chi connectivity index (χ3n) is 1.40. The lowest BCUT2D eigenvalue weighted by molar-refractivity contribution is -0.141. The smallest absolute Gasteiger partial charge is 0.352 e. The number of halogens is 4. The molecule has 1 rings (SSSR count). The molecule has 1 aromatic heterocycles. The van der Waals surface area contributed by atoms with Crippen LogP contribution in [0, 0.1) is 0 Å². The maximum Gasteiger partial charge on any atom is 0.433 e. The fraction of sp³-hybridized carbons (Fsp3) is 0.500. The second-order valence-electron chi connectivity index (χ2n) is 3.20. The molecule has 1 aromatic rings. The van der Waals surface area contributed by atoms with Crippen LogP contribution in [0.3, 0.4) is 0 Å². The Balaban J connectivity index is 3.06. The van der Waals surface area contributed by atoms with E-state index in [0.717, 1.165) is 0 Å². The molecular formula is C8H9ClF3N3. The van der Waals surface area contributed by atoms with Gasteiger partial charge >= 0.3 is 6.18 Å². The summed E-state index contributed by atoms with van der Waals surface area (Å²) in [5.74, 6) is -0.121. The standard InChI is InChI=1S/C8H9ClF3N3/c1-4(2)13-7-14-5(8(10,11)12)3-6(9)15-7/h3-4H,1-2H3,(H,13,14,15). The van der Waals surface area contributed by atoms with Crippen LogP contribution in [0.15, 0.2) is 6.07 Å². The fourth-order valence-electron chi connectivity index (χ4n) is 0.886. The predicted molar refractivity (Wildman–Crippen MR) is 50.8 cm³/mol. The minimum Gasteiger partial charge on any atom is -0.352 e. The van der Waals surface area contributed by atoms with Crippen molar-refractivity contribution >= 4 is 17.5 Å². The third kappa shape index (κ3) is 3.54. The van der Waals surface area contributed by atoms with Crippen molar-refractivity contribution in [3.63, 3.8) is 0 Å². The fourth-order valence-corrected chi connectivity index (χ4v) is 1.07. The summed E-state index contributed by atoms with van der Waals surface area (Å²) in [6, 6.07) is 0.622. The van der Waals surface area contributed by atoms with E-state index in [2.05, 4.69) is 15.3 Å². The predicted octanol–water partition coefficient (Wildman–Crippen LogP) is 2.97. The SMILES string of the molecule is CC(C)Nc1nc(Cl)cc(C(F)(F)F)n1. The van der Waals surface area contributed by atoms with Crippen molar-refractivity contribution in [2.45, 2.75) is 26.1 Å². The van der Waals surface area contributed by atoms with E-state index in [4.69, 9.17) is 11.6 Å². The first-order chi connectivity index (χ1) is 6.79. The molecule has 0 aliphatic rings. The number of alkyl halides is 3. The molecule has 1 heterocycles. The number of nitrogens with zero attached hydrogens (tertiary/aromatic N) is 2. The van der Waals surface area contributed by atoms with Crippen LogP contribution in [-0.4, -0.2) is 16.0 Å². The highest BCUT2D eigenvalue weighted by Crippen LogP contribution is 2.29. The van der Waals surface area contributed by atoms with Gasteiger partial charge in [0.25, 0.3) is 0 Å². The number of aromatic nitrogens is 2. The van der Waals surface area contributed by atoms with Crippen LogP contribution in [0.5, 0.6) is 0 Å². The van der Waals surface area contributed by atoms with E-state index < -0.39 is 11.9 Å². The first kappa shape index (κ1) is 12.0. The lowest BCUT2D eigenvalue weighted by Gasteiger charge is -2.11. The first-order valence-corrected chi connectivity index (χ1v) is 4.55. The van der Waals surface area contributed by atoms with Crippen molar-refractivity contribution in [1.29, 1.82) is 0 Å². The minimum absolute atomic E-state index is 0.0652. The molecule has 0 amide bonds. The van der Waals surface area contributed by atoms with Crippen LogP contribution >= 0.6 is 11.6 Å². The topological polar surface area (TPSA) is 37.8 Å². The normalized spacial score (nSPS) is 11.9. The lowest BCUT2D eigenvalue weighted by Crippen LogP contribution is -2.16. The minimum atomic E-state index is -4.51. The number of rotatable bonds is 2. The average molecular weight is 240 g/mol. The van der Waals surface area contributed by atoms with Crippen LogP contribution in [-0.2, 0) is 6.18 Å². The molecule has 0 aliphatic carbocycles. The van der Waals surface area contributed by atoms with Gasteiger partial charge in [-0.1, -0.05) is 11.6 Å². The van der Waals surface area contributed by atoms with Gasteiger partial charge in [0.15, 0.2) is 5.69 Å². The van der Waals surface area contributed by atoms with Crippen molar-refractivity contribution in [2.75, 3.05) is 5.32 Å². The molecule has 3 nitrogen and oxygen atoms in total. The first-order valence-electron chi connectivity index (χ1n) is 4.17. The van der Waals surface area contributed by atoms with Gasteiger partial charge in [0.2, 0.25) is 5.95 Å². The Kier molecular flexibility index (Phi) is 3.38. The molecule has 0 saturated heterocycles. The van der Waals surface area contributed by atoms with Gasteiger partial charge in [0.05, 0.1) is 0 Å². The number of anilines is 1. The second-order valence-corrected chi connectivity index (χ2v) is 3.58. The molecule has 0 aromatic carbocycles. The maximum absolute atomic E-state index is 12.3.